The van der Waals surface area contributed by atoms with Crippen molar-refractivity contribution in [2.75, 3.05) is 12.4 Å². The number of halogens is 1. The maximum absolute atomic E-state index is 13.5. The van der Waals surface area contributed by atoms with Gasteiger partial charge in [0.2, 0.25) is 0 Å². The van der Waals surface area contributed by atoms with Crippen molar-refractivity contribution < 1.29 is 18.7 Å². The minimum absolute atomic E-state index is 0.210. The smallest absolute Gasteiger partial charge is 0.337 e. The standard InChI is InChI=1S/C16H14FNO3/c1-10-6-7-11(9-14(10)17)15(19)18-13-5-3-4-12(8-13)16(20)21-2/h3-9H,1-2H3,(H,18,19). The Balaban J connectivity index is 2.19. The van der Waals surface area contributed by atoms with Crippen LogP contribution < -0.4 is 5.32 Å². The summed E-state index contributed by atoms with van der Waals surface area (Å²) in [4.78, 5) is 23.5. The minimum Gasteiger partial charge on any atom is -0.465 e. The predicted molar refractivity (Wildman–Crippen MR) is 76.9 cm³/mol. The third-order valence-corrected chi connectivity index (χ3v) is 2.98. The van der Waals surface area contributed by atoms with Crippen molar-refractivity contribution in [2.24, 2.45) is 0 Å². The van der Waals surface area contributed by atoms with Crippen LogP contribution in [0.15, 0.2) is 42.5 Å². The van der Waals surface area contributed by atoms with Gasteiger partial charge in [-0.25, -0.2) is 9.18 Å². The third-order valence-electron chi connectivity index (χ3n) is 2.98. The molecule has 0 bridgehead atoms. The van der Waals surface area contributed by atoms with E-state index in [2.05, 4.69) is 10.1 Å². The molecule has 0 aliphatic carbocycles. The van der Waals surface area contributed by atoms with Gasteiger partial charge in [0.15, 0.2) is 0 Å². The van der Waals surface area contributed by atoms with Crippen molar-refractivity contribution in [2.45, 2.75) is 6.92 Å². The van der Waals surface area contributed by atoms with Gasteiger partial charge in [-0.15, -0.1) is 0 Å². The van der Waals surface area contributed by atoms with Gasteiger partial charge in [-0.05, 0) is 42.8 Å². The molecule has 2 aromatic carbocycles. The molecule has 0 radical (unpaired) electrons. The SMILES string of the molecule is COC(=O)c1cccc(NC(=O)c2ccc(C)c(F)c2)c1. The number of carbonyl (C=O) groups is 2. The number of methoxy groups -OCH3 is 1. The fourth-order valence-corrected chi connectivity index (χ4v) is 1.78. The fourth-order valence-electron chi connectivity index (χ4n) is 1.78. The topological polar surface area (TPSA) is 55.4 Å². The molecule has 1 amide bonds. The van der Waals surface area contributed by atoms with Crippen LogP contribution in [0, 0.1) is 12.7 Å². The average molecular weight is 287 g/mol. The number of aryl methyl sites for hydroxylation is 1. The van der Waals surface area contributed by atoms with Gasteiger partial charge < -0.3 is 10.1 Å². The molecular formula is C16H14FNO3. The molecule has 1 N–H and O–H groups in total. The van der Waals surface area contributed by atoms with Crippen LogP contribution in [0.5, 0.6) is 0 Å². The van der Waals surface area contributed by atoms with E-state index >= 15 is 0 Å². The van der Waals surface area contributed by atoms with E-state index in [1.807, 2.05) is 0 Å². The van der Waals surface area contributed by atoms with Gasteiger partial charge >= 0.3 is 5.97 Å². The van der Waals surface area contributed by atoms with Crippen molar-refractivity contribution in [3.8, 4) is 0 Å². The van der Waals surface area contributed by atoms with Gasteiger partial charge in [0.05, 0.1) is 12.7 Å². The number of rotatable bonds is 3. The predicted octanol–water partition coefficient (Wildman–Crippen LogP) is 3.17. The molecule has 4 nitrogen and oxygen atoms in total. The van der Waals surface area contributed by atoms with E-state index < -0.39 is 17.7 Å². The fraction of sp³-hybridized carbons (Fsp3) is 0.125. The first-order valence-electron chi connectivity index (χ1n) is 6.27. The number of nitrogens with one attached hydrogen (secondary N) is 1. The highest BCUT2D eigenvalue weighted by molar-refractivity contribution is 6.04. The second-order valence-corrected chi connectivity index (χ2v) is 4.49. The summed E-state index contributed by atoms with van der Waals surface area (Å²) in [6.45, 7) is 1.62. The molecule has 0 fully saturated rings. The van der Waals surface area contributed by atoms with E-state index in [-0.39, 0.29) is 5.56 Å². The van der Waals surface area contributed by atoms with Crippen LogP contribution in [0.25, 0.3) is 0 Å². The molecule has 0 aliphatic heterocycles. The van der Waals surface area contributed by atoms with Crippen LogP contribution in [-0.2, 0) is 4.74 Å². The molecule has 0 spiro atoms. The lowest BCUT2D eigenvalue weighted by atomic mass is 10.1. The van der Waals surface area contributed by atoms with Crippen molar-refractivity contribution in [1.29, 1.82) is 0 Å². The first-order valence-corrected chi connectivity index (χ1v) is 6.27. The van der Waals surface area contributed by atoms with E-state index in [1.54, 1.807) is 25.1 Å². The van der Waals surface area contributed by atoms with E-state index in [0.29, 0.717) is 16.8 Å². The van der Waals surface area contributed by atoms with Crippen LogP contribution in [0.4, 0.5) is 10.1 Å². The Kier molecular flexibility index (Phi) is 4.33. The van der Waals surface area contributed by atoms with E-state index in [4.69, 9.17) is 0 Å². The van der Waals surface area contributed by atoms with Crippen molar-refractivity contribution in [3.05, 3.63) is 65.0 Å². The van der Waals surface area contributed by atoms with Crippen LogP contribution in [0.3, 0.4) is 0 Å². The number of hydrogen-bond donors (Lipinski definition) is 1. The number of carbonyl (C=O) groups excluding carboxylic acids is 2. The number of anilines is 1. The van der Waals surface area contributed by atoms with Crippen molar-refractivity contribution in [1.82, 2.24) is 0 Å². The normalized spacial score (nSPS) is 10.0. The Morgan fingerprint density at radius 1 is 1.10 bits per heavy atom. The Labute approximate surface area is 121 Å². The monoisotopic (exact) mass is 287 g/mol. The highest BCUT2D eigenvalue weighted by Crippen LogP contribution is 2.14. The number of esters is 1. The molecule has 2 aromatic rings. The van der Waals surface area contributed by atoms with Gasteiger partial charge in [-0.1, -0.05) is 12.1 Å². The zero-order chi connectivity index (χ0) is 15.4. The lowest BCUT2D eigenvalue weighted by Gasteiger charge is -2.07. The largest absolute Gasteiger partial charge is 0.465 e. The average Bonchev–Trinajstić information content (AvgIpc) is 2.49. The van der Waals surface area contributed by atoms with Gasteiger partial charge in [0, 0.05) is 11.3 Å². The van der Waals surface area contributed by atoms with Crippen LogP contribution in [0.2, 0.25) is 0 Å². The number of benzene rings is 2. The Morgan fingerprint density at radius 2 is 1.86 bits per heavy atom. The first-order chi connectivity index (χ1) is 10.0. The summed E-state index contributed by atoms with van der Waals surface area (Å²) in [5, 5.41) is 2.61. The number of amides is 1. The summed E-state index contributed by atoms with van der Waals surface area (Å²) in [7, 11) is 1.28. The Bertz CT molecular complexity index is 698. The van der Waals surface area contributed by atoms with E-state index in [9.17, 15) is 14.0 Å². The van der Waals surface area contributed by atoms with Crippen LogP contribution in [0.1, 0.15) is 26.3 Å². The summed E-state index contributed by atoms with van der Waals surface area (Å²) >= 11 is 0. The highest BCUT2D eigenvalue weighted by atomic mass is 19.1. The molecule has 2 rings (SSSR count). The molecule has 5 heteroatoms. The lowest BCUT2D eigenvalue weighted by molar-refractivity contribution is 0.0600. The molecule has 108 valence electrons. The molecule has 0 aliphatic rings. The van der Waals surface area contributed by atoms with Crippen molar-refractivity contribution in [3.63, 3.8) is 0 Å². The zero-order valence-electron chi connectivity index (χ0n) is 11.6. The van der Waals surface area contributed by atoms with Gasteiger partial charge in [-0.2, -0.15) is 0 Å². The molecular weight excluding hydrogens is 273 g/mol. The Morgan fingerprint density at radius 3 is 2.52 bits per heavy atom. The van der Waals surface area contributed by atoms with Gasteiger partial charge in [0.25, 0.3) is 5.91 Å². The third kappa shape index (κ3) is 3.45. The van der Waals surface area contributed by atoms with Crippen LogP contribution >= 0.6 is 0 Å². The molecule has 0 saturated heterocycles. The molecule has 0 atom stereocenters. The number of hydrogen-bond acceptors (Lipinski definition) is 3. The molecule has 0 aromatic heterocycles. The highest BCUT2D eigenvalue weighted by Gasteiger charge is 2.10. The zero-order valence-corrected chi connectivity index (χ0v) is 11.6. The molecule has 0 unspecified atom stereocenters. The van der Waals surface area contributed by atoms with Gasteiger partial charge in [-0.3, -0.25) is 4.79 Å². The summed E-state index contributed by atoms with van der Waals surface area (Å²) in [6, 6.07) is 10.6. The Hall–Kier alpha value is -2.69. The maximum atomic E-state index is 13.5. The first kappa shape index (κ1) is 14.7. The maximum Gasteiger partial charge on any atom is 0.337 e. The van der Waals surface area contributed by atoms with E-state index in [0.717, 1.165) is 0 Å². The summed E-state index contributed by atoms with van der Waals surface area (Å²) in [5.74, 6) is -1.38. The summed E-state index contributed by atoms with van der Waals surface area (Å²) in [5.41, 5.74) is 1.44. The second-order valence-electron chi connectivity index (χ2n) is 4.49. The lowest BCUT2D eigenvalue weighted by Crippen LogP contribution is -2.13. The number of ether oxygens (including phenoxy) is 1. The summed E-state index contributed by atoms with van der Waals surface area (Å²) < 4.78 is 18.1. The summed E-state index contributed by atoms with van der Waals surface area (Å²) in [6.07, 6.45) is 0. The van der Waals surface area contributed by atoms with Gasteiger partial charge in [0.1, 0.15) is 5.82 Å². The quantitative estimate of drug-likeness (QED) is 0.882. The minimum atomic E-state index is -0.493. The van der Waals surface area contributed by atoms with E-state index in [1.165, 1.54) is 31.4 Å². The van der Waals surface area contributed by atoms with Crippen LogP contribution in [-0.4, -0.2) is 19.0 Å². The molecule has 21 heavy (non-hydrogen) atoms. The molecule has 0 saturated carbocycles. The van der Waals surface area contributed by atoms with Crippen molar-refractivity contribution >= 4 is 17.6 Å². The second kappa shape index (κ2) is 6.17. The molecule has 0 heterocycles.